The number of hydrogen-bond donors (Lipinski definition) is 1. The van der Waals surface area contributed by atoms with Crippen molar-refractivity contribution in [3.8, 4) is 0 Å². The van der Waals surface area contributed by atoms with Gasteiger partial charge in [0.2, 0.25) is 4.24 Å². The van der Waals surface area contributed by atoms with E-state index in [1.807, 2.05) is 0 Å². The fourth-order valence-electron chi connectivity index (χ4n) is 0.222. The van der Waals surface area contributed by atoms with Crippen molar-refractivity contribution in [2.45, 2.75) is 0 Å². The number of rotatable bonds is 3. The van der Waals surface area contributed by atoms with Crippen LogP contribution < -0.4 is 0 Å². The summed E-state index contributed by atoms with van der Waals surface area (Å²) in [6.45, 7) is 2.62. The summed E-state index contributed by atoms with van der Waals surface area (Å²) in [6.07, 6.45) is 0. The van der Waals surface area contributed by atoms with Gasteiger partial charge < -0.3 is 0 Å². The van der Waals surface area contributed by atoms with Gasteiger partial charge >= 0.3 is 20.2 Å². The molecule has 0 aliphatic heterocycles. The Morgan fingerprint density at radius 3 is 1.82 bits per heavy atom. The van der Waals surface area contributed by atoms with Gasteiger partial charge in [0, 0.05) is 0 Å². The largest absolute Gasteiger partial charge is 0.309 e. The molecule has 0 amide bonds. The maximum atomic E-state index is 10.5. The topological polar surface area (TPSA) is 97.7 Å². The molecule has 0 aromatic heterocycles. The lowest BCUT2D eigenvalue weighted by Crippen LogP contribution is -2.13. The summed E-state index contributed by atoms with van der Waals surface area (Å²) in [5, 5.41) is 0. The van der Waals surface area contributed by atoms with Gasteiger partial charge in [0.15, 0.2) is 0 Å². The van der Waals surface area contributed by atoms with Crippen molar-refractivity contribution in [1.82, 2.24) is 0 Å². The second kappa shape index (κ2) is 2.89. The molecule has 6 nitrogen and oxygen atoms in total. The Bertz CT molecular complexity index is 345. The molecule has 0 rings (SSSR count). The third kappa shape index (κ3) is 2.58. The zero-order valence-electron chi connectivity index (χ0n) is 5.51. The second-order valence-electron chi connectivity index (χ2n) is 1.47. The quantitative estimate of drug-likeness (QED) is 0.481. The molecule has 0 bridgehead atoms. The lowest BCUT2D eigenvalue weighted by molar-refractivity contribution is 0.404. The van der Waals surface area contributed by atoms with Crippen LogP contribution in [0.1, 0.15) is 0 Å². The van der Waals surface area contributed by atoms with E-state index >= 15 is 0 Å². The van der Waals surface area contributed by atoms with Crippen LogP contribution in [0.3, 0.4) is 0 Å². The molecular formula is C3H6O6S2. The van der Waals surface area contributed by atoms with E-state index in [0.717, 1.165) is 7.11 Å². The first kappa shape index (κ1) is 10.6. The van der Waals surface area contributed by atoms with Crippen LogP contribution in [0.15, 0.2) is 10.8 Å². The van der Waals surface area contributed by atoms with Crippen LogP contribution in [0, 0.1) is 0 Å². The Hall–Kier alpha value is -0.440. The van der Waals surface area contributed by atoms with E-state index in [4.69, 9.17) is 4.55 Å². The molecular weight excluding hydrogens is 196 g/mol. The normalized spacial score (nSPS) is 12.9. The van der Waals surface area contributed by atoms with E-state index in [9.17, 15) is 16.8 Å². The lowest BCUT2D eigenvalue weighted by atomic mass is 11.3. The van der Waals surface area contributed by atoms with E-state index in [-0.39, 0.29) is 0 Å². The van der Waals surface area contributed by atoms with Crippen molar-refractivity contribution >= 4 is 20.2 Å². The van der Waals surface area contributed by atoms with E-state index in [1.54, 1.807) is 0 Å². The van der Waals surface area contributed by atoms with E-state index in [2.05, 4.69) is 10.8 Å². The van der Waals surface area contributed by atoms with Crippen LogP contribution in [0.4, 0.5) is 0 Å². The van der Waals surface area contributed by atoms with Gasteiger partial charge in [0.25, 0.3) is 0 Å². The zero-order chi connectivity index (χ0) is 9.28. The minimum absolute atomic E-state index is 0.756. The van der Waals surface area contributed by atoms with Gasteiger partial charge in [-0.3, -0.25) is 8.74 Å². The molecule has 0 spiro atoms. The van der Waals surface area contributed by atoms with Gasteiger partial charge in [-0.2, -0.15) is 16.8 Å². The smallest absolute Gasteiger partial charge is 0.281 e. The van der Waals surface area contributed by atoms with Crippen molar-refractivity contribution in [2.24, 2.45) is 0 Å². The van der Waals surface area contributed by atoms with E-state index in [1.165, 1.54) is 0 Å². The highest BCUT2D eigenvalue weighted by Gasteiger charge is 2.26. The first-order valence-electron chi connectivity index (χ1n) is 2.19. The Morgan fingerprint density at radius 1 is 1.36 bits per heavy atom. The molecule has 0 fully saturated rings. The van der Waals surface area contributed by atoms with Crippen molar-refractivity contribution in [2.75, 3.05) is 7.11 Å². The Balaban J connectivity index is 5.14. The molecule has 11 heavy (non-hydrogen) atoms. The standard InChI is InChI=1S/C3H6O6S2/c1-3(10(4,5)6)11(7,8)9-2/h1H2,2H3,(H,4,5,6). The van der Waals surface area contributed by atoms with Crippen LogP contribution in [-0.4, -0.2) is 28.5 Å². The fraction of sp³-hybridized carbons (Fsp3) is 0.333. The first-order valence-corrected chi connectivity index (χ1v) is 5.03. The lowest BCUT2D eigenvalue weighted by Gasteiger charge is -1.99. The van der Waals surface area contributed by atoms with Gasteiger partial charge in [-0.15, -0.1) is 0 Å². The highest BCUT2D eigenvalue weighted by molar-refractivity contribution is 8.09. The van der Waals surface area contributed by atoms with Gasteiger partial charge in [-0.1, -0.05) is 6.58 Å². The second-order valence-corrected chi connectivity index (χ2v) is 4.90. The fourth-order valence-corrected chi connectivity index (χ4v) is 1.64. The molecule has 0 aromatic carbocycles. The van der Waals surface area contributed by atoms with Gasteiger partial charge in [0.05, 0.1) is 7.11 Å². The average Bonchev–Trinajstić information content (AvgIpc) is 1.84. The molecule has 0 unspecified atom stereocenters. The summed E-state index contributed by atoms with van der Waals surface area (Å²) >= 11 is 0. The summed E-state index contributed by atoms with van der Waals surface area (Å²) < 4.78 is 51.8. The molecule has 0 saturated carbocycles. The molecule has 66 valence electrons. The monoisotopic (exact) mass is 202 g/mol. The maximum absolute atomic E-state index is 10.5. The summed E-state index contributed by atoms with van der Waals surface area (Å²) in [5.41, 5.74) is 0. The number of hydrogen-bond acceptors (Lipinski definition) is 5. The van der Waals surface area contributed by atoms with Crippen molar-refractivity contribution in [1.29, 1.82) is 0 Å². The Kier molecular flexibility index (Phi) is 2.78. The zero-order valence-corrected chi connectivity index (χ0v) is 7.15. The third-order valence-electron chi connectivity index (χ3n) is 0.786. The minimum Gasteiger partial charge on any atom is -0.281 e. The van der Waals surface area contributed by atoms with Gasteiger partial charge in [-0.05, 0) is 0 Å². The van der Waals surface area contributed by atoms with Crippen LogP contribution in [0.5, 0.6) is 0 Å². The van der Waals surface area contributed by atoms with Crippen LogP contribution in [0.25, 0.3) is 0 Å². The Morgan fingerprint density at radius 2 is 1.73 bits per heavy atom. The molecule has 1 N–H and O–H groups in total. The Labute approximate surface area is 64.4 Å². The van der Waals surface area contributed by atoms with Crippen molar-refractivity contribution in [3.05, 3.63) is 10.8 Å². The SMILES string of the molecule is C=C(S(=O)(=O)O)S(=O)(=O)OC. The average molecular weight is 202 g/mol. The van der Waals surface area contributed by atoms with Crippen LogP contribution >= 0.6 is 0 Å². The molecule has 0 heterocycles. The molecule has 0 aliphatic rings. The summed E-state index contributed by atoms with van der Waals surface area (Å²) in [5.74, 6) is 0. The first-order chi connectivity index (χ1) is 4.72. The van der Waals surface area contributed by atoms with Gasteiger partial charge in [-0.25, -0.2) is 0 Å². The maximum Gasteiger partial charge on any atom is 0.309 e. The molecule has 0 saturated heterocycles. The van der Waals surface area contributed by atoms with Crippen molar-refractivity contribution in [3.63, 3.8) is 0 Å². The third-order valence-corrected chi connectivity index (χ3v) is 3.60. The van der Waals surface area contributed by atoms with Crippen LogP contribution in [0.2, 0.25) is 0 Å². The minimum atomic E-state index is -4.78. The highest BCUT2D eigenvalue weighted by Crippen LogP contribution is 2.10. The predicted molar refractivity (Wildman–Crippen MR) is 36.6 cm³/mol. The molecule has 8 heteroatoms. The van der Waals surface area contributed by atoms with Gasteiger partial charge in [0.1, 0.15) is 0 Å². The summed E-state index contributed by atoms with van der Waals surface area (Å²) in [6, 6.07) is 0. The molecule has 0 aromatic rings. The van der Waals surface area contributed by atoms with E-state index < -0.39 is 24.5 Å². The molecule has 0 atom stereocenters. The molecule has 0 radical (unpaired) electrons. The summed E-state index contributed by atoms with van der Waals surface area (Å²) in [7, 11) is -8.41. The predicted octanol–water partition coefficient (Wildman–Crippen LogP) is -0.678. The van der Waals surface area contributed by atoms with E-state index in [0.29, 0.717) is 0 Å². The van der Waals surface area contributed by atoms with Crippen molar-refractivity contribution < 1.29 is 25.6 Å². The highest BCUT2D eigenvalue weighted by atomic mass is 32.3. The molecule has 0 aliphatic carbocycles. The summed E-state index contributed by atoms with van der Waals surface area (Å²) in [4.78, 5) is 0. The van der Waals surface area contributed by atoms with Crippen LogP contribution in [-0.2, 0) is 24.4 Å².